The summed E-state index contributed by atoms with van der Waals surface area (Å²) in [6.07, 6.45) is 3.26. The van der Waals surface area contributed by atoms with E-state index in [9.17, 15) is 9.59 Å². The number of carbonyl (C=O) groups excluding carboxylic acids is 1. The predicted octanol–water partition coefficient (Wildman–Crippen LogP) is 3.47. The van der Waals surface area contributed by atoms with Crippen LogP contribution in [0.4, 0.5) is 5.69 Å². The molecule has 2 aromatic carbocycles. The van der Waals surface area contributed by atoms with Crippen molar-refractivity contribution in [3.05, 3.63) is 121 Å². The molecule has 0 saturated heterocycles. The van der Waals surface area contributed by atoms with Gasteiger partial charge in [0.25, 0.3) is 11.5 Å². The smallest absolute Gasteiger partial charge is 0.271 e. The highest BCUT2D eigenvalue weighted by Gasteiger charge is 2.32. The zero-order valence-electron chi connectivity index (χ0n) is 17.2. The number of furan rings is 1. The summed E-state index contributed by atoms with van der Waals surface area (Å²) >= 11 is 1.28. The number of aromatic nitrogens is 1. The lowest BCUT2D eigenvalue weighted by Crippen LogP contribution is -2.40. The Morgan fingerprint density at radius 1 is 1.06 bits per heavy atom. The maximum atomic E-state index is 13.4. The van der Waals surface area contributed by atoms with Gasteiger partial charge >= 0.3 is 0 Å². The highest BCUT2D eigenvalue weighted by molar-refractivity contribution is 7.07. The van der Waals surface area contributed by atoms with Crippen LogP contribution < -0.4 is 20.2 Å². The molecule has 1 aliphatic rings. The fourth-order valence-electron chi connectivity index (χ4n) is 3.79. The quantitative estimate of drug-likeness (QED) is 0.527. The van der Waals surface area contributed by atoms with Crippen LogP contribution in [0.5, 0.6) is 0 Å². The standard InChI is InChI=1S/C25H19N3O3S/c1-16-21(23(29)27-18-11-6-3-7-12-18)22(17-9-4-2-5-10-17)28-24(30)20(32-25(28)26-16)15-19-13-8-14-31-19/h2-15,22H,1H3,(H,27,29). The lowest BCUT2D eigenvalue weighted by atomic mass is 9.95. The largest absolute Gasteiger partial charge is 0.465 e. The van der Waals surface area contributed by atoms with E-state index in [-0.39, 0.29) is 11.5 Å². The van der Waals surface area contributed by atoms with Crippen molar-refractivity contribution < 1.29 is 9.21 Å². The number of nitrogens with one attached hydrogen (secondary N) is 1. The minimum absolute atomic E-state index is 0.212. The maximum absolute atomic E-state index is 13.4. The molecule has 158 valence electrons. The summed E-state index contributed by atoms with van der Waals surface area (Å²) < 4.78 is 7.48. The molecule has 0 aliphatic carbocycles. The molecule has 3 heterocycles. The molecule has 1 aliphatic heterocycles. The minimum Gasteiger partial charge on any atom is -0.465 e. The van der Waals surface area contributed by atoms with Gasteiger partial charge in [-0.15, -0.1) is 0 Å². The van der Waals surface area contributed by atoms with Crippen LogP contribution in [0.25, 0.3) is 6.08 Å². The third kappa shape index (κ3) is 3.63. The molecule has 1 amide bonds. The van der Waals surface area contributed by atoms with Crippen molar-refractivity contribution in [2.45, 2.75) is 13.0 Å². The van der Waals surface area contributed by atoms with Crippen LogP contribution in [0.15, 0.2) is 105 Å². The second kappa shape index (κ2) is 8.28. The Morgan fingerprint density at radius 3 is 2.47 bits per heavy atom. The van der Waals surface area contributed by atoms with Gasteiger partial charge in [0.05, 0.1) is 28.1 Å². The van der Waals surface area contributed by atoms with Crippen LogP contribution in [0, 0.1) is 0 Å². The molecule has 6 nitrogen and oxygen atoms in total. The molecular weight excluding hydrogens is 422 g/mol. The zero-order valence-corrected chi connectivity index (χ0v) is 18.0. The van der Waals surface area contributed by atoms with E-state index >= 15 is 0 Å². The first kappa shape index (κ1) is 20.0. The van der Waals surface area contributed by atoms with Gasteiger partial charge < -0.3 is 9.73 Å². The molecule has 0 saturated carbocycles. The van der Waals surface area contributed by atoms with Crippen LogP contribution in [-0.4, -0.2) is 10.5 Å². The first-order valence-corrected chi connectivity index (χ1v) is 10.9. The Hall–Kier alpha value is -3.97. The molecule has 1 unspecified atom stereocenters. The molecule has 4 aromatic rings. The van der Waals surface area contributed by atoms with Crippen molar-refractivity contribution >= 4 is 29.0 Å². The summed E-state index contributed by atoms with van der Waals surface area (Å²) in [4.78, 5) is 32.0. The molecule has 7 heteroatoms. The fraction of sp³-hybridized carbons (Fsp3) is 0.0800. The monoisotopic (exact) mass is 441 g/mol. The summed E-state index contributed by atoms with van der Waals surface area (Å²) in [5.41, 5.74) is 2.33. The van der Waals surface area contributed by atoms with Crippen molar-refractivity contribution in [1.29, 1.82) is 0 Å². The van der Waals surface area contributed by atoms with Gasteiger partial charge in [0.1, 0.15) is 5.76 Å². The van der Waals surface area contributed by atoms with Gasteiger partial charge in [0.15, 0.2) is 4.80 Å². The maximum Gasteiger partial charge on any atom is 0.271 e. The van der Waals surface area contributed by atoms with Gasteiger partial charge in [0, 0.05) is 11.8 Å². The van der Waals surface area contributed by atoms with Gasteiger partial charge in [-0.1, -0.05) is 59.9 Å². The Labute approximate surface area is 187 Å². The van der Waals surface area contributed by atoms with Crippen molar-refractivity contribution in [2.75, 3.05) is 5.32 Å². The Kier molecular flexibility index (Phi) is 5.17. The van der Waals surface area contributed by atoms with Crippen LogP contribution in [0.3, 0.4) is 0 Å². The first-order chi connectivity index (χ1) is 15.6. The van der Waals surface area contributed by atoms with Crippen LogP contribution in [0.1, 0.15) is 24.3 Å². The molecule has 32 heavy (non-hydrogen) atoms. The van der Waals surface area contributed by atoms with E-state index in [0.29, 0.717) is 32.1 Å². The number of anilines is 1. The van der Waals surface area contributed by atoms with Gasteiger partial charge in [-0.05, 0) is 36.8 Å². The normalized spacial score (nSPS) is 15.9. The molecule has 0 bridgehead atoms. The van der Waals surface area contributed by atoms with E-state index in [1.165, 1.54) is 11.3 Å². The summed E-state index contributed by atoms with van der Waals surface area (Å²) in [5, 5.41) is 2.94. The van der Waals surface area contributed by atoms with Crippen LogP contribution in [0.2, 0.25) is 0 Å². The SMILES string of the molecule is CC1=C(C(=O)Nc2ccccc2)C(c2ccccc2)n2c(sc(=Cc3ccco3)c2=O)=N1. The number of fused-ring (bicyclic) bond motifs is 1. The van der Waals surface area contributed by atoms with Gasteiger partial charge in [-0.25, -0.2) is 4.99 Å². The van der Waals surface area contributed by atoms with E-state index in [1.54, 1.807) is 36.0 Å². The molecule has 5 rings (SSSR count). The number of amides is 1. The fourth-order valence-corrected chi connectivity index (χ4v) is 4.81. The van der Waals surface area contributed by atoms with E-state index in [1.807, 2.05) is 60.7 Å². The van der Waals surface area contributed by atoms with Gasteiger partial charge in [-0.3, -0.25) is 14.2 Å². The first-order valence-electron chi connectivity index (χ1n) is 10.1. The molecular formula is C25H19N3O3S. The lowest BCUT2D eigenvalue weighted by molar-refractivity contribution is -0.113. The third-order valence-electron chi connectivity index (χ3n) is 5.23. The van der Waals surface area contributed by atoms with E-state index in [2.05, 4.69) is 10.3 Å². The summed E-state index contributed by atoms with van der Waals surface area (Å²) in [6.45, 7) is 1.81. The number of hydrogen-bond acceptors (Lipinski definition) is 5. The average Bonchev–Trinajstić information content (AvgIpc) is 3.42. The van der Waals surface area contributed by atoms with E-state index in [0.717, 1.165) is 5.56 Å². The van der Waals surface area contributed by atoms with Crippen LogP contribution >= 0.6 is 11.3 Å². The van der Waals surface area contributed by atoms with Gasteiger partial charge in [-0.2, -0.15) is 0 Å². The highest BCUT2D eigenvalue weighted by Crippen LogP contribution is 2.30. The molecule has 0 radical (unpaired) electrons. The number of thiazole rings is 1. The van der Waals surface area contributed by atoms with Crippen LogP contribution in [-0.2, 0) is 4.79 Å². The van der Waals surface area contributed by atoms with Gasteiger partial charge in [0.2, 0.25) is 0 Å². The van der Waals surface area contributed by atoms with E-state index in [4.69, 9.17) is 4.42 Å². The number of rotatable bonds is 4. The molecule has 1 N–H and O–H groups in total. The second-order valence-corrected chi connectivity index (χ2v) is 8.34. The Bertz CT molecular complexity index is 1480. The zero-order chi connectivity index (χ0) is 22.1. The molecule has 0 fully saturated rings. The van der Waals surface area contributed by atoms with Crippen molar-refractivity contribution in [3.8, 4) is 0 Å². The summed E-state index contributed by atoms with van der Waals surface area (Å²) in [7, 11) is 0. The Morgan fingerprint density at radius 2 is 1.78 bits per heavy atom. The highest BCUT2D eigenvalue weighted by atomic mass is 32.1. The molecule has 2 aromatic heterocycles. The topological polar surface area (TPSA) is 76.6 Å². The van der Waals surface area contributed by atoms with Crippen molar-refractivity contribution in [2.24, 2.45) is 4.99 Å². The average molecular weight is 442 g/mol. The molecule has 0 spiro atoms. The Balaban J connectivity index is 1.68. The lowest BCUT2D eigenvalue weighted by Gasteiger charge is -2.25. The minimum atomic E-state index is -0.588. The number of nitrogens with zero attached hydrogens (tertiary/aromatic N) is 2. The van der Waals surface area contributed by atoms with Crippen molar-refractivity contribution in [1.82, 2.24) is 4.57 Å². The van der Waals surface area contributed by atoms with E-state index < -0.39 is 6.04 Å². The number of hydrogen-bond donors (Lipinski definition) is 1. The third-order valence-corrected chi connectivity index (χ3v) is 6.21. The second-order valence-electron chi connectivity index (χ2n) is 7.33. The summed E-state index contributed by atoms with van der Waals surface area (Å²) in [6, 6.07) is 21.8. The molecule has 1 atom stereocenters. The van der Waals surface area contributed by atoms with Crippen molar-refractivity contribution in [3.63, 3.8) is 0 Å². The number of carbonyl (C=O) groups is 1. The number of para-hydroxylation sites is 1. The summed E-state index contributed by atoms with van der Waals surface area (Å²) in [5.74, 6) is 0.302. The number of benzene rings is 2. The number of allylic oxidation sites excluding steroid dienone is 1. The predicted molar refractivity (Wildman–Crippen MR) is 124 cm³/mol.